The molecule has 1 spiro atoms. The first-order chi connectivity index (χ1) is 14.8. The normalized spacial score (nSPS) is 17.5. The molecule has 0 saturated carbocycles. The maximum atomic E-state index is 14.2. The molecule has 0 aliphatic carbocycles. The van der Waals surface area contributed by atoms with Crippen molar-refractivity contribution in [2.75, 3.05) is 36.4 Å². The van der Waals surface area contributed by atoms with E-state index < -0.39 is 0 Å². The first kappa shape index (κ1) is 21.6. The summed E-state index contributed by atoms with van der Waals surface area (Å²) in [6.45, 7) is 11.7. The number of para-hydroxylation sites is 1. The molecule has 0 bridgehead atoms. The Morgan fingerprint density at radius 1 is 1.13 bits per heavy atom. The number of fused-ring (bicyclic) bond motifs is 2. The minimum Gasteiger partial charge on any atom is -0.307 e. The first-order valence-corrected chi connectivity index (χ1v) is 11.1. The van der Waals surface area contributed by atoms with Gasteiger partial charge < -0.3 is 5.32 Å². The lowest BCUT2D eigenvalue weighted by Crippen LogP contribution is -2.46. The van der Waals surface area contributed by atoms with Crippen molar-refractivity contribution in [2.24, 2.45) is 0 Å². The molecule has 1 fully saturated rings. The Balaban J connectivity index is 1.58. The summed E-state index contributed by atoms with van der Waals surface area (Å²) in [5.74, 6) is -0.234. The van der Waals surface area contributed by atoms with E-state index >= 15 is 0 Å². The van der Waals surface area contributed by atoms with Crippen LogP contribution in [0, 0.1) is 19.7 Å². The highest BCUT2D eigenvalue weighted by molar-refractivity contribution is 6.04. The van der Waals surface area contributed by atoms with E-state index in [-0.39, 0.29) is 17.3 Å². The third kappa shape index (κ3) is 4.24. The Morgan fingerprint density at radius 3 is 2.45 bits per heavy atom. The van der Waals surface area contributed by atoms with Gasteiger partial charge >= 0.3 is 6.03 Å². The Morgan fingerprint density at radius 2 is 1.81 bits per heavy atom. The van der Waals surface area contributed by atoms with E-state index in [0.717, 1.165) is 60.5 Å². The maximum absolute atomic E-state index is 14.2. The summed E-state index contributed by atoms with van der Waals surface area (Å²) in [5, 5.41) is 3.11. The molecule has 0 radical (unpaired) electrons. The lowest BCUT2D eigenvalue weighted by molar-refractivity contribution is 0.180. The molecule has 1 N–H and O–H groups in total. The minimum atomic E-state index is -0.234. The highest BCUT2D eigenvalue weighted by Crippen LogP contribution is 2.47. The van der Waals surface area contributed by atoms with Crippen molar-refractivity contribution in [3.05, 3.63) is 70.6 Å². The SMILES string of the molecule is CC(C)=CCN1CCC2(CC1)CN(C(=O)Nc1c(C)cccc1C)c1ccc(F)cc12. The highest BCUT2D eigenvalue weighted by Gasteiger charge is 2.46. The molecule has 2 aromatic rings. The molecule has 0 aromatic heterocycles. The number of hydrogen-bond acceptors (Lipinski definition) is 2. The lowest BCUT2D eigenvalue weighted by atomic mass is 9.74. The zero-order valence-corrected chi connectivity index (χ0v) is 19.0. The van der Waals surface area contributed by atoms with Crippen LogP contribution in [-0.4, -0.2) is 37.1 Å². The van der Waals surface area contributed by atoms with Gasteiger partial charge in [-0.3, -0.25) is 9.80 Å². The van der Waals surface area contributed by atoms with Crippen LogP contribution in [0.1, 0.15) is 43.4 Å². The molecule has 4 nitrogen and oxygen atoms in total. The number of likely N-dealkylation sites (tertiary alicyclic amines) is 1. The lowest BCUT2D eigenvalue weighted by Gasteiger charge is -2.39. The van der Waals surface area contributed by atoms with Crippen LogP contribution in [0.15, 0.2) is 48.0 Å². The van der Waals surface area contributed by atoms with Gasteiger partial charge in [-0.1, -0.05) is 29.8 Å². The third-order valence-electron chi connectivity index (χ3n) is 6.81. The molecular formula is C26H32FN3O. The number of hydrogen-bond donors (Lipinski definition) is 1. The van der Waals surface area contributed by atoms with E-state index in [2.05, 4.69) is 30.1 Å². The van der Waals surface area contributed by atoms with E-state index in [1.54, 1.807) is 12.1 Å². The molecule has 0 atom stereocenters. The van der Waals surface area contributed by atoms with Gasteiger partial charge in [0, 0.05) is 29.9 Å². The fourth-order valence-electron chi connectivity index (χ4n) is 4.91. The second kappa shape index (κ2) is 8.46. The number of allylic oxidation sites excluding steroid dienone is 1. The minimum absolute atomic E-state index is 0.144. The number of piperidine rings is 1. The van der Waals surface area contributed by atoms with Crippen LogP contribution in [-0.2, 0) is 5.41 Å². The van der Waals surface area contributed by atoms with Crippen molar-refractivity contribution in [1.29, 1.82) is 0 Å². The van der Waals surface area contributed by atoms with Crippen molar-refractivity contribution in [3.63, 3.8) is 0 Å². The number of aryl methyl sites for hydroxylation is 2. The van der Waals surface area contributed by atoms with Crippen LogP contribution in [0.2, 0.25) is 0 Å². The number of nitrogens with zero attached hydrogens (tertiary/aromatic N) is 2. The van der Waals surface area contributed by atoms with Crippen molar-refractivity contribution < 1.29 is 9.18 Å². The number of amides is 2. The van der Waals surface area contributed by atoms with Gasteiger partial charge in [-0.05, 0) is 88.5 Å². The molecule has 4 rings (SSSR count). The number of carbonyl (C=O) groups excluding carboxylic acids is 1. The molecular weight excluding hydrogens is 389 g/mol. The number of urea groups is 1. The zero-order valence-electron chi connectivity index (χ0n) is 19.0. The Bertz CT molecular complexity index is 997. The summed E-state index contributed by atoms with van der Waals surface area (Å²) < 4.78 is 14.2. The Kier molecular flexibility index (Phi) is 5.89. The number of halogens is 1. The van der Waals surface area contributed by atoms with Gasteiger partial charge in [0.05, 0.1) is 0 Å². The summed E-state index contributed by atoms with van der Waals surface area (Å²) >= 11 is 0. The van der Waals surface area contributed by atoms with E-state index in [0.29, 0.717) is 6.54 Å². The molecule has 31 heavy (non-hydrogen) atoms. The molecule has 2 amide bonds. The predicted octanol–water partition coefficient (Wildman–Crippen LogP) is 5.79. The molecule has 2 aromatic carbocycles. The van der Waals surface area contributed by atoms with E-state index in [1.807, 2.05) is 36.9 Å². The average Bonchev–Trinajstić information content (AvgIpc) is 3.04. The number of anilines is 2. The van der Waals surface area contributed by atoms with Crippen LogP contribution >= 0.6 is 0 Å². The molecule has 5 heteroatoms. The maximum Gasteiger partial charge on any atom is 0.326 e. The van der Waals surface area contributed by atoms with Crippen LogP contribution in [0.3, 0.4) is 0 Å². The largest absolute Gasteiger partial charge is 0.326 e. The second-order valence-corrected chi connectivity index (χ2v) is 9.31. The second-order valence-electron chi connectivity index (χ2n) is 9.31. The monoisotopic (exact) mass is 421 g/mol. The fourth-order valence-corrected chi connectivity index (χ4v) is 4.91. The number of carbonyl (C=O) groups is 1. The Labute approximate surface area is 184 Å². The molecule has 0 unspecified atom stereocenters. The van der Waals surface area contributed by atoms with Gasteiger partial charge in [0.1, 0.15) is 5.82 Å². The molecule has 2 heterocycles. The number of benzene rings is 2. The molecule has 2 aliphatic heterocycles. The van der Waals surface area contributed by atoms with Crippen molar-refractivity contribution >= 4 is 17.4 Å². The van der Waals surface area contributed by atoms with Crippen molar-refractivity contribution in [3.8, 4) is 0 Å². The average molecular weight is 422 g/mol. The predicted molar refractivity (Wildman–Crippen MR) is 125 cm³/mol. The summed E-state index contributed by atoms with van der Waals surface area (Å²) in [5.41, 5.74) is 5.88. The fraction of sp³-hybridized carbons (Fsp3) is 0.423. The molecule has 2 aliphatic rings. The standard InChI is InChI=1S/C26H32FN3O/c1-18(2)10-13-29-14-11-26(12-15-29)17-30(23-9-8-21(27)16-22(23)26)25(31)28-24-19(3)6-5-7-20(24)4/h5-10,16H,11-15,17H2,1-4H3,(H,28,31). The summed E-state index contributed by atoms with van der Waals surface area (Å²) in [6.07, 6.45) is 4.10. The van der Waals surface area contributed by atoms with Crippen LogP contribution in [0.5, 0.6) is 0 Å². The smallest absolute Gasteiger partial charge is 0.307 e. The van der Waals surface area contributed by atoms with Crippen molar-refractivity contribution in [1.82, 2.24) is 4.90 Å². The van der Waals surface area contributed by atoms with Crippen LogP contribution in [0.25, 0.3) is 0 Å². The zero-order chi connectivity index (χ0) is 22.2. The topological polar surface area (TPSA) is 35.6 Å². The van der Waals surface area contributed by atoms with E-state index in [9.17, 15) is 9.18 Å². The first-order valence-electron chi connectivity index (χ1n) is 11.1. The molecule has 164 valence electrons. The van der Waals surface area contributed by atoms with Gasteiger partial charge in [-0.15, -0.1) is 0 Å². The van der Waals surface area contributed by atoms with Gasteiger partial charge in [-0.25, -0.2) is 9.18 Å². The third-order valence-corrected chi connectivity index (χ3v) is 6.81. The number of nitrogens with one attached hydrogen (secondary N) is 1. The van der Waals surface area contributed by atoms with Gasteiger partial charge in [0.15, 0.2) is 0 Å². The van der Waals surface area contributed by atoms with E-state index in [4.69, 9.17) is 0 Å². The van der Waals surface area contributed by atoms with Gasteiger partial charge in [0.2, 0.25) is 0 Å². The summed E-state index contributed by atoms with van der Waals surface area (Å²) in [4.78, 5) is 17.6. The summed E-state index contributed by atoms with van der Waals surface area (Å²) in [6, 6.07) is 10.7. The summed E-state index contributed by atoms with van der Waals surface area (Å²) in [7, 11) is 0. The highest BCUT2D eigenvalue weighted by atomic mass is 19.1. The van der Waals surface area contributed by atoms with Gasteiger partial charge in [0.25, 0.3) is 0 Å². The number of rotatable bonds is 3. The van der Waals surface area contributed by atoms with Gasteiger partial charge in [-0.2, -0.15) is 0 Å². The van der Waals surface area contributed by atoms with Crippen molar-refractivity contribution in [2.45, 2.75) is 46.0 Å². The Hall–Kier alpha value is -2.66. The quantitative estimate of drug-likeness (QED) is 0.636. The van der Waals surface area contributed by atoms with E-state index in [1.165, 1.54) is 11.6 Å². The molecule has 1 saturated heterocycles. The van der Waals surface area contributed by atoms with Crippen LogP contribution < -0.4 is 10.2 Å². The van der Waals surface area contributed by atoms with Crippen LogP contribution in [0.4, 0.5) is 20.6 Å².